The van der Waals surface area contributed by atoms with Crippen LogP contribution in [-0.4, -0.2) is 17.9 Å². The van der Waals surface area contributed by atoms with E-state index in [2.05, 4.69) is 4.74 Å². The Kier molecular flexibility index (Phi) is 2.44. The van der Waals surface area contributed by atoms with Crippen molar-refractivity contribution < 1.29 is 23.9 Å². The number of hydrogen-bond donors (Lipinski definition) is 0. The van der Waals surface area contributed by atoms with Crippen LogP contribution in [0.2, 0.25) is 0 Å². The van der Waals surface area contributed by atoms with Crippen molar-refractivity contribution in [3.8, 4) is 0 Å². The van der Waals surface area contributed by atoms with Gasteiger partial charge >= 0.3 is 17.9 Å². The van der Waals surface area contributed by atoms with E-state index in [-0.39, 0.29) is 5.56 Å². The molecule has 1 aromatic rings. The molecule has 5 nitrogen and oxygen atoms in total. The van der Waals surface area contributed by atoms with Crippen LogP contribution in [0, 0.1) is 0 Å². The van der Waals surface area contributed by atoms with Gasteiger partial charge in [0, 0.05) is 12.5 Å². The fraction of sp³-hybridized carbons (Fsp3) is 0.182. The largest absolute Gasteiger partial charge is 0.445 e. The van der Waals surface area contributed by atoms with Crippen molar-refractivity contribution in [3.05, 3.63) is 35.4 Å². The number of fused-ring (bicyclic) bond motifs is 1. The zero-order valence-electron chi connectivity index (χ0n) is 8.43. The van der Waals surface area contributed by atoms with Crippen molar-refractivity contribution >= 4 is 17.9 Å². The van der Waals surface area contributed by atoms with E-state index in [1.807, 2.05) is 0 Å². The number of carbonyl (C=O) groups excluding carboxylic acids is 3. The van der Waals surface area contributed by atoms with Crippen molar-refractivity contribution in [3.63, 3.8) is 0 Å². The minimum Gasteiger partial charge on any atom is -0.445 e. The number of cyclic esters (lactones) is 2. The van der Waals surface area contributed by atoms with E-state index in [9.17, 15) is 14.4 Å². The molecule has 1 unspecified atom stereocenters. The van der Waals surface area contributed by atoms with E-state index in [1.54, 1.807) is 18.2 Å². The van der Waals surface area contributed by atoms with Gasteiger partial charge in [-0.1, -0.05) is 18.2 Å². The van der Waals surface area contributed by atoms with Gasteiger partial charge in [0.2, 0.25) is 6.10 Å². The third kappa shape index (κ3) is 1.67. The summed E-state index contributed by atoms with van der Waals surface area (Å²) in [6.45, 7) is 1.19. The first-order valence-corrected chi connectivity index (χ1v) is 4.62. The highest BCUT2D eigenvalue weighted by Crippen LogP contribution is 2.28. The van der Waals surface area contributed by atoms with E-state index in [1.165, 1.54) is 13.0 Å². The summed E-state index contributed by atoms with van der Waals surface area (Å²) in [5.74, 6) is -2.19. The predicted molar refractivity (Wildman–Crippen MR) is 51.4 cm³/mol. The number of ether oxygens (including phenoxy) is 2. The van der Waals surface area contributed by atoms with Gasteiger partial charge < -0.3 is 9.47 Å². The number of benzene rings is 1. The highest BCUT2D eigenvalue weighted by Gasteiger charge is 2.36. The van der Waals surface area contributed by atoms with Gasteiger partial charge in [0.25, 0.3) is 0 Å². The standard InChI is InChI=1S/C11H8O5/c1-6(12)15-9-7-4-2-3-5-8(7)10(13)16-11(9)14/h2-5,9H,1H3. The van der Waals surface area contributed by atoms with Gasteiger partial charge in [0.15, 0.2) is 0 Å². The van der Waals surface area contributed by atoms with Gasteiger partial charge in [-0.05, 0) is 6.07 Å². The Morgan fingerprint density at radius 1 is 1.31 bits per heavy atom. The summed E-state index contributed by atoms with van der Waals surface area (Å²) in [7, 11) is 0. The molecule has 5 heteroatoms. The molecule has 0 saturated heterocycles. The third-order valence-corrected chi connectivity index (χ3v) is 2.15. The highest BCUT2D eigenvalue weighted by molar-refractivity contribution is 6.04. The van der Waals surface area contributed by atoms with Crippen LogP contribution in [0.3, 0.4) is 0 Å². The zero-order valence-corrected chi connectivity index (χ0v) is 8.43. The maximum Gasteiger partial charge on any atom is 0.360 e. The van der Waals surface area contributed by atoms with Crippen LogP contribution in [-0.2, 0) is 19.1 Å². The monoisotopic (exact) mass is 220 g/mol. The fourth-order valence-corrected chi connectivity index (χ4v) is 1.52. The quantitative estimate of drug-likeness (QED) is 0.521. The average molecular weight is 220 g/mol. The van der Waals surface area contributed by atoms with Gasteiger partial charge in [0.1, 0.15) is 0 Å². The Morgan fingerprint density at radius 3 is 2.69 bits per heavy atom. The molecular weight excluding hydrogens is 212 g/mol. The lowest BCUT2D eigenvalue weighted by molar-refractivity contribution is -0.164. The molecule has 1 aliphatic heterocycles. The van der Waals surface area contributed by atoms with E-state index in [0.29, 0.717) is 5.56 Å². The molecule has 0 N–H and O–H groups in total. The van der Waals surface area contributed by atoms with Gasteiger partial charge in [-0.15, -0.1) is 0 Å². The predicted octanol–water partition coefficient (Wildman–Crippen LogP) is 0.988. The first-order valence-electron chi connectivity index (χ1n) is 4.62. The molecule has 1 aliphatic rings. The van der Waals surface area contributed by atoms with Crippen LogP contribution in [0.1, 0.15) is 28.9 Å². The Bertz CT molecular complexity index is 477. The summed E-state index contributed by atoms with van der Waals surface area (Å²) in [6, 6.07) is 6.36. The minimum absolute atomic E-state index is 0.244. The normalized spacial score (nSPS) is 18.7. The van der Waals surface area contributed by atoms with E-state index in [4.69, 9.17) is 4.74 Å². The lowest BCUT2D eigenvalue weighted by atomic mass is 10.0. The molecule has 0 amide bonds. The van der Waals surface area contributed by atoms with Gasteiger partial charge in [-0.25, -0.2) is 9.59 Å². The molecule has 0 spiro atoms. The molecule has 2 rings (SSSR count). The maximum absolute atomic E-state index is 11.4. The van der Waals surface area contributed by atoms with Crippen molar-refractivity contribution in [1.29, 1.82) is 0 Å². The third-order valence-electron chi connectivity index (χ3n) is 2.15. The molecule has 0 fully saturated rings. The number of carbonyl (C=O) groups is 3. The molecular formula is C11H8O5. The highest BCUT2D eigenvalue weighted by atomic mass is 16.6. The fourth-order valence-electron chi connectivity index (χ4n) is 1.52. The molecule has 0 aliphatic carbocycles. The van der Waals surface area contributed by atoms with Crippen LogP contribution < -0.4 is 0 Å². The van der Waals surface area contributed by atoms with Crippen LogP contribution in [0.5, 0.6) is 0 Å². The smallest absolute Gasteiger partial charge is 0.360 e. The molecule has 1 heterocycles. The Balaban J connectivity index is 2.46. The van der Waals surface area contributed by atoms with E-state index < -0.39 is 24.0 Å². The second kappa shape index (κ2) is 3.77. The van der Waals surface area contributed by atoms with E-state index in [0.717, 1.165) is 0 Å². The van der Waals surface area contributed by atoms with Crippen molar-refractivity contribution in [1.82, 2.24) is 0 Å². The SMILES string of the molecule is CC(=O)OC1C(=O)OC(=O)c2ccccc21. The summed E-state index contributed by atoms with van der Waals surface area (Å²) >= 11 is 0. The molecule has 16 heavy (non-hydrogen) atoms. The maximum atomic E-state index is 11.4. The summed E-state index contributed by atoms with van der Waals surface area (Å²) in [6.07, 6.45) is -1.15. The first-order chi connectivity index (χ1) is 7.59. The number of hydrogen-bond acceptors (Lipinski definition) is 5. The van der Waals surface area contributed by atoms with Crippen LogP contribution in [0.4, 0.5) is 0 Å². The van der Waals surface area contributed by atoms with Crippen LogP contribution in [0.25, 0.3) is 0 Å². The summed E-state index contributed by atoms with van der Waals surface area (Å²) in [4.78, 5) is 33.6. The zero-order chi connectivity index (χ0) is 11.7. The number of esters is 3. The first kappa shape index (κ1) is 10.4. The average Bonchev–Trinajstić information content (AvgIpc) is 2.24. The molecule has 0 aromatic heterocycles. The topological polar surface area (TPSA) is 69.7 Å². The van der Waals surface area contributed by atoms with Crippen LogP contribution in [0.15, 0.2) is 24.3 Å². The molecule has 1 aromatic carbocycles. The molecule has 0 saturated carbocycles. The summed E-state index contributed by atoms with van der Waals surface area (Å²) in [5.41, 5.74) is 0.604. The molecule has 0 radical (unpaired) electrons. The van der Waals surface area contributed by atoms with Crippen molar-refractivity contribution in [2.24, 2.45) is 0 Å². The minimum atomic E-state index is -1.15. The Hall–Kier alpha value is -2.17. The molecule has 1 atom stereocenters. The van der Waals surface area contributed by atoms with Crippen LogP contribution >= 0.6 is 0 Å². The Labute approximate surface area is 91.0 Å². The van der Waals surface area contributed by atoms with Crippen molar-refractivity contribution in [2.75, 3.05) is 0 Å². The Morgan fingerprint density at radius 2 is 2.00 bits per heavy atom. The van der Waals surface area contributed by atoms with Crippen molar-refractivity contribution in [2.45, 2.75) is 13.0 Å². The molecule has 0 bridgehead atoms. The van der Waals surface area contributed by atoms with Gasteiger partial charge in [-0.3, -0.25) is 4.79 Å². The summed E-state index contributed by atoms with van der Waals surface area (Å²) < 4.78 is 9.28. The lowest BCUT2D eigenvalue weighted by Crippen LogP contribution is -2.30. The van der Waals surface area contributed by atoms with E-state index >= 15 is 0 Å². The second-order valence-corrected chi connectivity index (χ2v) is 3.29. The molecule has 82 valence electrons. The lowest BCUT2D eigenvalue weighted by Gasteiger charge is -2.21. The number of rotatable bonds is 1. The van der Waals surface area contributed by atoms with Gasteiger partial charge in [-0.2, -0.15) is 0 Å². The summed E-state index contributed by atoms with van der Waals surface area (Å²) in [5, 5.41) is 0. The second-order valence-electron chi connectivity index (χ2n) is 3.29. The van der Waals surface area contributed by atoms with Gasteiger partial charge in [0.05, 0.1) is 5.56 Å².